The highest BCUT2D eigenvalue weighted by Gasteiger charge is 2.60. The van der Waals surface area contributed by atoms with Crippen molar-refractivity contribution in [2.75, 3.05) is 9.96 Å². The molecule has 33 heavy (non-hydrogen) atoms. The number of nitro benzene ring substituents is 1. The van der Waals surface area contributed by atoms with Crippen LogP contribution in [0.3, 0.4) is 0 Å². The van der Waals surface area contributed by atoms with Crippen LogP contribution in [-0.2, 0) is 14.4 Å². The molecule has 2 aliphatic heterocycles. The Bertz CT molecular complexity index is 1260. The van der Waals surface area contributed by atoms with Crippen molar-refractivity contribution in [2.45, 2.75) is 19.1 Å². The standard InChI is InChI=1S/C24H18ClN3O5/c1-14-7-10-16(11-8-14)26-23(29)20-21(15-9-12-18(25)19(13-15)28(31)32)27(33-22(20)24(26)30)17-5-3-2-4-6-17/h2-13,20-22H,1H3/t20-,21-,22-/m0/s1. The summed E-state index contributed by atoms with van der Waals surface area (Å²) in [7, 11) is 0. The lowest BCUT2D eigenvalue weighted by molar-refractivity contribution is -0.384. The Hall–Kier alpha value is -3.75. The molecule has 2 heterocycles. The number of nitro groups is 1. The predicted molar refractivity (Wildman–Crippen MR) is 122 cm³/mol. The number of fused-ring (bicyclic) bond motifs is 1. The van der Waals surface area contributed by atoms with Gasteiger partial charge in [0.15, 0.2) is 6.10 Å². The minimum Gasteiger partial charge on any atom is -0.273 e. The summed E-state index contributed by atoms with van der Waals surface area (Å²) >= 11 is 6.01. The Morgan fingerprint density at radius 1 is 0.939 bits per heavy atom. The van der Waals surface area contributed by atoms with Gasteiger partial charge in [-0.2, -0.15) is 0 Å². The molecule has 2 aliphatic rings. The number of carbonyl (C=O) groups excluding carboxylic acids is 2. The fourth-order valence-corrected chi connectivity index (χ4v) is 4.54. The third-order valence-electron chi connectivity index (χ3n) is 5.93. The summed E-state index contributed by atoms with van der Waals surface area (Å²) in [6, 6.07) is 19.7. The number of amides is 2. The summed E-state index contributed by atoms with van der Waals surface area (Å²) in [5.74, 6) is -1.78. The van der Waals surface area contributed by atoms with Crippen molar-refractivity contribution in [2.24, 2.45) is 5.92 Å². The van der Waals surface area contributed by atoms with Crippen molar-refractivity contribution in [1.82, 2.24) is 0 Å². The van der Waals surface area contributed by atoms with Crippen LogP contribution in [0.5, 0.6) is 0 Å². The molecular weight excluding hydrogens is 446 g/mol. The quantitative estimate of drug-likeness (QED) is 0.319. The highest BCUT2D eigenvalue weighted by atomic mass is 35.5. The number of carbonyl (C=O) groups is 2. The van der Waals surface area contributed by atoms with E-state index in [-0.39, 0.29) is 10.7 Å². The normalized spacial score (nSPS) is 22.1. The van der Waals surface area contributed by atoms with Crippen LogP contribution < -0.4 is 9.96 Å². The Morgan fingerprint density at radius 3 is 2.30 bits per heavy atom. The Balaban J connectivity index is 1.61. The number of aryl methyl sites for hydroxylation is 1. The fourth-order valence-electron chi connectivity index (χ4n) is 4.35. The van der Waals surface area contributed by atoms with Gasteiger partial charge in [-0.25, -0.2) is 9.96 Å². The first-order chi connectivity index (χ1) is 15.9. The highest BCUT2D eigenvalue weighted by Crippen LogP contribution is 2.48. The number of anilines is 2. The van der Waals surface area contributed by atoms with Gasteiger partial charge in [-0.05, 0) is 42.8 Å². The first-order valence-corrected chi connectivity index (χ1v) is 10.6. The lowest BCUT2D eigenvalue weighted by Crippen LogP contribution is -2.37. The molecule has 0 spiro atoms. The summed E-state index contributed by atoms with van der Waals surface area (Å²) in [5.41, 5.74) is 2.25. The predicted octanol–water partition coefficient (Wildman–Crippen LogP) is 4.61. The number of rotatable bonds is 4. The molecule has 3 aromatic rings. The average Bonchev–Trinajstić information content (AvgIpc) is 3.31. The van der Waals surface area contributed by atoms with E-state index < -0.39 is 34.8 Å². The summed E-state index contributed by atoms with van der Waals surface area (Å²) in [6.45, 7) is 1.91. The number of hydrogen-bond acceptors (Lipinski definition) is 6. The van der Waals surface area contributed by atoms with Gasteiger partial charge in [-0.1, -0.05) is 53.6 Å². The first kappa shape index (κ1) is 21.1. The molecule has 8 nitrogen and oxygen atoms in total. The van der Waals surface area contributed by atoms with Gasteiger partial charge in [-0.15, -0.1) is 0 Å². The molecular formula is C24H18ClN3O5. The molecule has 0 unspecified atom stereocenters. The zero-order valence-electron chi connectivity index (χ0n) is 17.4. The van der Waals surface area contributed by atoms with Crippen LogP contribution in [0.15, 0.2) is 72.8 Å². The summed E-state index contributed by atoms with van der Waals surface area (Å²) < 4.78 is 0. The second-order valence-electron chi connectivity index (χ2n) is 7.97. The number of nitrogens with zero attached hydrogens (tertiary/aromatic N) is 3. The molecule has 2 fully saturated rings. The van der Waals surface area contributed by atoms with Gasteiger partial charge < -0.3 is 0 Å². The second kappa shape index (κ2) is 7.99. The fraction of sp³-hybridized carbons (Fsp3) is 0.167. The molecule has 2 saturated heterocycles. The zero-order valence-corrected chi connectivity index (χ0v) is 18.2. The van der Waals surface area contributed by atoms with Crippen molar-refractivity contribution in [3.8, 4) is 0 Å². The molecule has 166 valence electrons. The highest BCUT2D eigenvalue weighted by molar-refractivity contribution is 6.32. The third kappa shape index (κ3) is 3.44. The van der Waals surface area contributed by atoms with Gasteiger partial charge in [0.2, 0.25) is 5.91 Å². The minimum atomic E-state index is -1.06. The monoisotopic (exact) mass is 463 g/mol. The van der Waals surface area contributed by atoms with Crippen LogP contribution in [0.25, 0.3) is 0 Å². The van der Waals surface area contributed by atoms with Crippen LogP contribution in [-0.4, -0.2) is 22.8 Å². The number of hydroxylamine groups is 1. The lowest BCUT2D eigenvalue weighted by Gasteiger charge is -2.28. The lowest BCUT2D eigenvalue weighted by atomic mass is 9.90. The maximum atomic E-state index is 13.6. The molecule has 9 heteroatoms. The molecule has 2 amide bonds. The average molecular weight is 464 g/mol. The Morgan fingerprint density at radius 2 is 1.64 bits per heavy atom. The van der Waals surface area contributed by atoms with E-state index in [4.69, 9.17) is 16.4 Å². The van der Waals surface area contributed by atoms with E-state index in [1.807, 2.05) is 25.1 Å². The number of imide groups is 1. The Kier molecular flexibility index (Phi) is 5.11. The smallest absolute Gasteiger partial charge is 0.273 e. The van der Waals surface area contributed by atoms with Gasteiger partial charge >= 0.3 is 0 Å². The van der Waals surface area contributed by atoms with Gasteiger partial charge in [0.25, 0.3) is 11.6 Å². The van der Waals surface area contributed by atoms with Crippen LogP contribution in [0.2, 0.25) is 5.02 Å². The van der Waals surface area contributed by atoms with Crippen LogP contribution >= 0.6 is 11.6 Å². The number of hydrogen-bond donors (Lipinski definition) is 0. The molecule has 0 N–H and O–H groups in total. The molecule has 3 atom stereocenters. The summed E-state index contributed by atoms with van der Waals surface area (Å²) in [5, 5.41) is 13.0. The molecule has 0 aromatic heterocycles. The van der Waals surface area contributed by atoms with Gasteiger partial charge in [0, 0.05) is 6.07 Å². The van der Waals surface area contributed by atoms with Gasteiger partial charge in [-0.3, -0.25) is 24.5 Å². The SMILES string of the molecule is Cc1ccc(N2C(=O)[C@@H]3[C@H](ON(c4ccccc4)[C@H]3c3ccc(Cl)c([N+](=O)[O-])c3)C2=O)cc1. The molecule has 0 aliphatic carbocycles. The molecule has 3 aromatic carbocycles. The van der Waals surface area contributed by atoms with Crippen molar-refractivity contribution in [3.05, 3.63) is 99.1 Å². The van der Waals surface area contributed by atoms with Crippen molar-refractivity contribution < 1.29 is 19.3 Å². The number of para-hydroxylation sites is 1. The van der Waals surface area contributed by atoms with Crippen molar-refractivity contribution in [3.63, 3.8) is 0 Å². The first-order valence-electron chi connectivity index (χ1n) is 10.3. The molecule has 5 rings (SSSR count). The van der Waals surface area contributed by atoms with E-state index in [2.05, 4.69) is 0 Å². The van der Waals surface area contributed by atoms with E-state index in [1.165, 1.54) is 17.2 Å². The molecule has 0 bridgehead atoms. The number of halogens is 1. The molecule has 0 radical (unpaired) electrons. The summed E-state index contributed by atoms with van der Waals surface area (Å²) in [6.07, 6.45) is -1.06. The van der Waals surface area contributed by atoms with E-state index in [0.717, 1.165) is 10.5 Å². The topological polar surface area (TPSA) is 93.0 Å². The number of benzene rings is 3. The second-order valence-corrected chi connectivity index (χ2v) is 8.38. The van der Waals surface area contributed by atoms with E-state index >= 15 is 0 Å². The largest absolute Gasteiger partial charge is 0.288 e. The van der Waals surface area contributed by atoms with Crippen molar-refractivity contribution >= 4 is 40.5 Å². The zero-order chi connectivity index (χ0) is 23.3. The minimum absolute atomic E-state index is 0.0133. The molecule has 0 saturated carbocycles. The van der Waals surface area contributed by atoms with E-state index in [1.54, 1.807) is 42.5 Å². The summed E-state index contributed by atoms with van der Waals surface area (Å²) in [4.78, 5) is 45.0. The Labute approximate surface area is 194 Å². The van der Waals surface area contributed by atoms with Crippen LogP contribution in [0.1, 0.15) is 17.2 Å². The van der Waals surface area contributed by atoms with E-state index in [9.17, 15) is 19.7 Å². The van der Waals surface area contributed by atoms with Crippen LogP contribution in [0.4, 0.5) is 17.1 Å². The van der Waals surface area contributed by atoms with E-state index in [0.29, 0.717) is 16.9 Å². The van der Waals surface area contributed by atoms with Gasteiger partial charge in [0.05, 0.1) is 22.3 Å². The van der Waals surface area contributed by atoms with Crippen molar-refractivity contribution in [1.29, 1.82) is 0 Å². The maximum absolute atomic E-state index is 13.6. The van der Waals surface area contributed by atoms with Gasteiger partial charge in [0.1, 0.15) is 10.9 Å². The third-order valence-corrected chi connectivity index (χ3v) is 6.25. The maximum Gasteiger partial charge on any atom is 0.288 e. The van der Waals surface area contributed by atoms with Crippen LogP contribution in [0, 0.1) is 23.0 Å².